The van der Waals surface area contributed by atoms with Crippen molar-refractivity contribution in [1.82, 2.24) is 0 Å². The summed E-state index contributed by atoms with van der Waals surface area (Å²) in [6, 6.07) is 9.22. The van der Waals surface area contributed by atoms with Crippen LogP contribution in [0.25, 0.3) is 0 Å². The summed E-state index contributed by atoms with van der Waals surface area (Å²) in [5, 5.41) is 8.28. The van der Waals surface area contributed by atoms with Gasteiger partial charge in [-0.05, 0) is 61.4 Å². The fourth-order valence-electron chi connectivity index (χ4n) is 1.98. The van der Waals surface area contributed by atoms with Crippen molar-refractivity contribution in [2.24, 2.45) is 10.2 Å². The van der Waals surface area contributed by atoms with Gasteiger partial charge in [-0.1, -0.05) is 0 Å². The van der Waals surface area contributed by atoms with Gasteiger partial charge in [0.15, 0.2) is 0 Å². The molecule has 0 saturated heterocycles. The van der Waals surface area contributed by atoms with Gasteiger partial charge >= 0.3 is 0 Å². The maximum atomic E-state index is 11.0. The Morgan fingerprint density at radius 1 is 1.00 bits per heavy atom. The third-order valence-electron chi connectivity index (χ3n) is 3.10. The average Bonchev–Trinajstić information content (AvgIpc) is 2.45. The normalized spacial score (nSPS) is 11.8. The molecule has 2 aromatic rings. The Kier molecular flexibility index (Phi) is 4.58. The van der Waals surface area contributed by atoms with Crippen LogP contribution >= 0.6 is 0 Å². The summed E-state index contributed by atoms with van der Waals surface area (Å²) in [6.45, 7) is 3.82. The van der Waals surface area contributed by atoms with Crippen LogP contribution < -0.4 is 4.74 Å². The Bertz CT molecular complexity index is 789. The Labute approximate surface area is 129 Å². The van der Waals surface area contributed by atoms with Crippen LogP contribution in [0.15, 0.2) is 51.5 Å². The lowest BCUT2D eigenvalue weighted by molar-refractivity contribution is 0.414. The van der Waals surface area contributed by atoms with Gasteiger partial charge in [0.05, 0.1) is 23.4 Å². The standard InChI is InChI=1S/C15H16N2O4S/c1-10-8-13(21-3)9-11(2)15(10)17-16-12-4-6-14(7-5-12)22(18,19)20/h4-9H,1-3H3,(H,18,19,20). The fraction of sp³-hybridized carbons (Fsp3) is 0.200. The zero-order valence-electron chi connectivity index (χ0n) is 12.4. The van der Waals surface area contributed by atoms with Gasteiger partial charge in [-0.2, -0.15) is 18.6 Å². The van der Waals surface area contributed by atoms with Crippen LogP contribution in [0, 0.1) is 13.8 Å². The summed E-state index contributed by atoms with van der Waals surface area (Å²) in [5.74, 6) is 0.756. The predicted molar refractivity (Wildman–Crippen MR) is 82.9 cm³/mol. The Hall–Kier alpha value is -2.25. The second kappa shape index (κ2) is 6.25. The van der Waals surface area contributed by atoms with E-state index in [0.717, 1.165) is 22.6 Å². The zero-order valence-corrected chi connectivity index (χ0v) is 13.3. The number of nitrogens with zero attached hydrogens (tertiary/aromatic N) is 2. The van der Waals surface area contributed by atoms with E-state index in [9.17, 15) is 8.42 Å². The van der Waals surface area contributed by atoms with E-state index in [0.29, 0.717) is 5.69 Å². The van der Waals surface area contributed by atoms with Crippen LogP contribution in [0.1, 0.15) is 11.1 Å². The van der Waals surface area contributed by atoms with Crippen LogP contribution in [-0.2, 0) is 10.1 Å². The number of azo groups is 1. The molecule has 0 spiro atoms. The zero-order chi connectivity index (χ0) is 16.3. The minimum atomic E-state index is -4.19. The largest absolute Gasteiger partial charge is 0.497 e. The van der Waals surface area contributed by atoms with Gasteiger partial charge in [0.1, 0.15) is 5.75 Å². The molecule has 2 rings (SSSR count). The molecule has 0 aliphatic heterocycles. The lowest BCUT2D eigenvalue weighted by atomic mass is 10.1. The van der Waals surface area contributed by atoms with Crippen molar-refractivity contribution in [3.63, 3.8) is 0 Å². The number of benzene rings is 2. The van der Waals surface area contributed by atoms with Crippen LogP contribution in [0.5, 0.6) is 5.75 Å². The molecule has 0 atom stereocenters. The summed E-state index contributed by atoms with van der Waals surface area (Å²) < 4.78 is 36.0. The molecule has 1 N–H and O–H groups in total. The number of aryl methyl sites for hydroxylation is 2. The molecule has 0 radical (unpaired) electrons. The molecular weight excluding hydrogens is 304 g/mol. The highest BCUT2D eigenvalue weighted by Gasteiger charge is 2.08. The van der Waals surface area contributed by atoms with E-state index in [1.807, 2.05) is 26.0 Å². The lowest BCUT2D eigenvalue weighted by Gasteiger charge is -2.07. The number of ether oxygens (including phenoxy) is 1. The highest BCUT2D eigenvalue weighted by Crippen LogP contribution is 2.30. The molecule has 0 fully saturated rings. The third kappa shape index (κ3) is 3.69. The van der Waals surface area contributed by atoms with E-state index >= 15 is 0 Å². The summed E-state index contributed by atoms with van der Waals surface area (Å²) in [5.41, 5.74) is 3.08. The van der Waals surface area contributed by atoms with Gasteiger partial charge in [0, 0.05) is 0 Å². The SMILES string of the molecule is COc1cc(C)c(N=Nc2ccc(S(=O)(=O)O)cc2)c(C)c1. The van der Waals surface area contributed by atoms with Gasteiger partial charge in [0.25, 0.3) is 10.1 Å². The molecule has 6 nitrogen and oxygen atoms in total. The van der Waals surface area contributed by atoms with Crippen molar-refractivity contribution < 1.29 is 17.7 Å². The van der Waals surface area contributed by atoms with Crippen LogP contribution in [-0.4, -0.2) is 20.1 Å². The first-order valence-corrected chi connectivity index (χ1v) is 7.90. The Morgan fingerprint density at radius 3 is 2.00 bits per heavy atom. The van der Waals surface area contributed by atoms with Gasteiger partial charge in [0.2, 0.25) is 0 Å². The molecular formula is C15H16N2O4S. The fourth-order valence-corrected chi connectivity index (χ4v) is 2.46. The number of hydrogen-bond acceptors (Lipinski definition) is 5. The van der Waals surface area contributed by atoms with E-state index in [1.54, 1.807) is 7.11 Å². The van der Waals surface area contributed by atoms with E-state index in [1.165, 1.54) is 24.3 Å². The van der Waals surface area contributed by atoms with Crippen molar-refractivity contribution in [2.75, 3.05) is 7.11 Å². The molecule has 0 unspecified atom stereocenters. The van der Waals surface area contributed by atoms with Crippen molar-refractivity contribution in [1.29, 1.82) is 0 Å². The quantitative estimate of drug-likeness (QED) is 0.682. The summed E-state index contributed by atoms with van der Waals surface area (Å²) in [7, 11) is -2.59. The van der Waals surface area contributed by atoms with E-state index in [4.69, 9.17) is 9.29 Å². The van der Waals surface area contributed by atoms with Crippen LogP contribution in [0.3, 0.4) is 0 Å². The van der Waals surface area contributed by atoms with Crippen molar-refractivity contribution in [3.8, 4) is 5.75 Å². The van der Waals surface area contributed by atoms with E-state index in [-0.39, 0.29) is 4.90 Å². The second-order valence-corrected chi connectivity index (χ2v) is 6.20. The summed E-state index contributed by atoms with van der Waals surface area (Å²) in [4.78, 5) is -0.178. The molecule has 0 amide bonds. The third-order valence-corrected chi connectivity index (χ3v) is 3.97. The number of hydrogen-bond donors (Lipinski definition) is 1. The maximum absolute atomic E-state index is 11.0. The van der Waals surface area contributed by atoms with Gasteiger partial charge in [-0.3, -0.25) is 4.55 Å². The molecule has 0 aliphatic carbocycles. The van der Waals surface area contributed by atoms with Crippen molar-refractivity contribution in [3.05, 3.63) is 47.5 Å². The first-order valence-electron chi connectivity index (χ1n) is 6.46. The van der Waals surface area contributed by atoms with Gasteiger partial charge in [-0.15, -0.1) is 0 Å². The topological polar surface area (TPSA) is 88.3 Å². The number of methoxy groups -OCH3 is 1. The van der Waals surface area contributed by atoms with Gasteiger partial charge < -0.3 is 4.74 Å². The first kappa shape index (κ1) is 16.1. The monoisotopic (exact) mass is 320 g/mol. The Balaban J connectivity index is 2.29. The number of rotatable bonds is 4. The van der Waals surface area contributed by atoms with Crippen LogP contribution in [0.4, 0.5) is 11.4 Å². The smallest absolute Gasteiger partial charge is 0.294 e. The molecule has 0 saturated carbocycles. The predicted octanol–water partition coefficient (Wildman–Crippen LogP) is 3.97. The molecule has 0 aliphatic rings. The van der Waals surface area contributed by atoms with Crippen LogP contribution in [0.2, 0.25) is 0 Å². The molecule has 0 heterocycles. The highest BCUT2D eigenvalue weighted by atomic mass is 32.2. The molecule has 7 heteroatoms. The maximum Gasteiger partial charge on any atom is 0.294 e. The lowest BCUT2D eigenvalue weighted by Crippen LogP contribution is -1.96. The van der Waals surface area contributed by atoms with E-state index in [2.05, 4.69) is 10.2 Å². The first-order chi connectivity index (χ1) is 10.3. The second-order valence-electron chi connectivity index (χ2n) is 4.78. The molecule has 0 bridgehead atoms. The highest BCUT2D eigenvalue weighted by molar-refractivity contribution is 7.85. The van der Waals surface area contributed by atoms with Gasteiger partial charge in [-0.25, -0.2) is 0 Å². The molecule has 2 aromatic carbocycles. The summed E-state index contributed by atoms with van der Waals surface area (Å²) >= 11 is 0. The van der Waals surface area contributed by atoms with Crippen molar-refractivity contribution in [2.45, 2.75) is 18.7 Å². The molecule has 0 aromatic heterocycles. The molecule has 116 valence electrons. The van der Waals surface area contributed by atoms with Crippen molar-refractivity contribution >= 4 is 21.5 Å². The summed E-state index contributed by atoms with van der Waals surface area (Å²) in [6.07, 6.45) is 0. The molecule has 22 heavy (non-hydrogen) atoms. The van der Waals surface area contributed by atoms with E-state index < -0.39 is 10.1 Å². The average molecular weight is 320 g/mol. The Morgan fingerprint density at radius 2 is 1.55 bits per heavy atom. The minimum absolute atomic E-state index is 0.178. The minimum Gasteiger partial charge on any atom is -0.497 e.